The molecule has 148 valence electrons. The van der Waals surface area contributed by atoms with Gasteiger partial charge in [0.25, 0.3) is 0 Å². The van der Waals surface area contributed by atoms with Gasteiger partial charge >= 0.3 is 0 Å². The Kier molecular flexibility index (Phi) is 7.34. The minimum absolute atomic E-state index is 0.00615. The number of carbonyl (C=O) groups is 1. The van der Waals surface area contributed by atoms with Gasteiger partial charge in [0.2, 0.25) is 15.9 Å². The first-order valence-electron chi connectivity index (χ1n) is 8.22. The third kappa shape index (κ3) is 5.66. The zero-order valence-electron chi connectivity index (χ0n) is 14.9. The molecular formula is C18H18ClFN4O3S. The number of halogens is 2. The molecule has 0 saturated carbocycles. The summed E-state index contributed by atoms with van der Waals surface area (Å²) in [6, 6.07) is 10.5. The summed E-state index contributed by atoms with van der Waals surface area (Å²) >= 11 is 5.74. The van der Waals surface area contributed by atoms with E-state index in [1.165, 1.54) is 43.3 Å². The quantitative estimate of drug-likeness (QED) is 0.563. The summed E-state index contributed by atoms with van der Waals surface area (Å²) in [5.74, 6) is -1.17. The third-order valence-electron chi connectivity index (χ3n) is 3.71. The van der Waals surface area contributed by atoms with Gasteiger partial charge in [0.05, 0.1) is 16.6 Å². The van der Waals surface area contributed by atoms with E-state index in [1.54, 1.807) is 12.1 Å². The average molecular weight is 425 g/mol. The molecule has 0 aliphatic rings. The van der Waals surface area contributed by atoms with Crippen molar-refractivity contribution in [3.8, 4) is 6.07 Å². The number of anilines is 1. The molecule has 7 nitrogen and oxygen atoms in total. The second kappa shape index (κ2) is 9.50. The predicted molar refractivity (Wildman–Crippen MR) is 104 cm³/mol. The molecule has 0 fully saturated rings. The van der Waals surface area contributed by atoms with Gasteiger partial charge in [0.1, 0.15) is 17.4 Å². The number of hydrogen-bond acceptors (Lipinski definition) is 5. The molecule has 3 N–H and O–H groups in total. The molecule has 0 aliphatic heterocycles. The fourth-order valence-electron chi connectivity index (χ4n) is 2.29. The van der Waals surface area contributed by atoms with Crippen LogP contribution in [0.1, 0.15) is 12.5 Å². The lowest BCUT2D eigenvalue weighted by Crippen LogP contribution is -2.45. The van der Waals surface area contributed by atoms with Crippen molar-refractivity contribution in [3.05, 3.63) is 58.9 Å². The van der Waals surface area contributed by atoms with Gasteiger partial charge < -0.3 is 10.6 Å². The van der Waals surface area contributed by atoms with Crippen LogP contribution in [0.15, 0.2) is 47.4 Å². The van der Waals surface area contributed by atoms with Crippen molar-refractivity contribution >= 4 is 33.2 Å². The Morgan fingerprint density at radius 1 is 1.21 bits per heavy atom. The van der Waals surface area contributed by atoms with Gasteiger partial charge in [0.15, 0.2) is 0 Å². The third-order valence-corrected chi connectivity index (χ3v) is 5.52. The molecule has 1 atom stereocenters. The SMILES string of the molecule is C[C@H](NS(=O)(=O)c1ccc(Cl)cc1)C(=O)NCCNc1cccc(F)c1C#N. The molecule has 0 saturated heterocycles. The van der Waals surface area contributed by atoms with Crippen LogP contribution in [0.3, 0.4) is 0 Å². The van der Waals surface area contributed by atoms with Crippen LogP contribution in [-0.4, -0.2) is 33.5 Å². The highest BCUT2D eigenvalue weighted by Gasteiger charge is 2.21. The Morgan fingerprint density at radius 2 is 1.89 bits per heavy atom. The normalized spacial score (nSPS) is 12.1. The number of nitriles is 1. The predicted octanol–water partition coefficient (Wildman–Crippen LogP) is 2.25. The number of nitrogens with zero attached hydrogens (tertiary/aromatic N) is 1. The number of sulfonamides is 1. The zero-order chi connectivity index (χ0) is 20.7. The summed E-state index contributed by atoms with van der Waals surface area (Å²) < 4.78 is 40.3. The number of rotatable bonds is 8. The number of benzene rings is 2. The maximum atomic E-state index is 13.5. The van der Waals surface area contributed by atoms with Crippen LogP contribution in [0.25, 0.3) is 0 Å². The lowest BCUT2D eigenvalue weighted by Gasteiger charge is -2.15. The Morgan fingerprint density at radius 3 is 2.54 bits per heavy atom. The van der Waals surface area contributed by atoms with E-state index in [0.29, 0.717) is 10.7 Å². The molecule has 0 radical (unpaired) electrons. The topological polar surface area (TPSA) is 111 Å². The number of hydrogen-bond donors (Lipinski definition) is 3. The summed E-state index contributed by atoms with van der Waals surface area (Å²) in [6.45, 7) is 1.78. The van der Waals surface area contributed by atoms with Gasteiger partial charge in [-0.15, -0.1) is 0 Å². The van der Waals surface area contributed by atoms with Crippen LogP contribution in [-0.2, 0) is 14.8 Å². The van der Waals surface area contributed by atoms with Crippen molar-refractivity contribution in [1.29, 1.82) is 5.26 Å². The molecule has 0 aliphatic carbocycles. The van der Waals surface area contributed by atoms with E-state index < -0.39 is 27.8 Å². The monoisotopic (exact) mass is 424 g/mol. The summed E-state index contributed by atoms with van der Waals surface area (Å²) in [7, 11) is -3.87. The van der Waals surface area contributed by atoms with E-state index in [9.17, 15) is 17.6 Å². The molecule has 1 amide bonds. The van der Waals surface area contributed by atoms with Crippen LogP contribution in [0.4, 0.5) is 10.1 Å². The van der Waals surface area contributed by atoms with Crippen LogP contribution in [0, 0.1) is 17.1 Å². The second-order valence-corrected chi connectivity index (χ2v) is 7.94. The highest BCUT2D eigenvalue weighted by molar-refractivity contribution is 7.89. The van der Waals surface area contributed by atoms with Gasteiger partial charge in [-0.2, -0.15) is 9.98 Å². The minimum atomic E-state index is -3.87. The summed E-state index contributed by atoms with van der Waals surface area (Å²) in [4.78, 5) is 12.1. The fourth-order valence-corrected chi connectivity index (χ4v) is 3.62. The lowest BCUT2D eigenvalue weighted by molar-refractivity contribution is -0.122. The highest BCUT2D eigenvalue weighted by Crippen LogP contribution is 2.17. The van der Waals surface area contributed by atoms with Crippen LogP contribution in [0.2, 0.25) is 5.02 Å². The van der Waals surface area contributed by atoms with E-state index >= 15 is 0 Å². The molecular weight excluding hydrogens is 407 g/mol. The van der Waals surface area contributed by atoms with Gasteiger partial charge in [0, 0.05) is 18.1 Å². The molecule has 2 aromatic carbocycles. The Labute approximate surface area is 167 Å². The van der Waals surface area contributed by atoms with Gasteiger partial charge in [-0.3, -0.25) is 4.79 Å². The van der Waals surface area contributed by atoms with Crippen molar-refractivity contribution in [1.82, 2.24) is 10.0 Å². The van der Waals surface area contributed by atoms with Crippen molar-refractivity contribution in [2.45, 2.75) is 17.9 Å². The molecule has 0 bridgehead atoms. The van der Waals surface area contributed by atoms with Gasteiger partial charge in [-0.05, 0) is 43.3 Å². The molecule has 0 heterocycles. The zero-order valence-corrected chi connectivity index (χ0v) is 16.4. The largest absolute Gasteiger partial charge is 0.382 e. The minimum Gasteiger partial charge on any atom is -0.382 e. The van der Waals surface area contributed by atoms with Crippen molar-refractivity contribution < 1.29 is 17.6 Å². The maximum absolute atomic E-state index is 13.5. The molecule has 28 heavy (non-hydrogen) atoms. The fraction of sp³-hybridized carbons (Fsp3) is 0.222. The second-order valence-electron chi connectivity index (χ2n) is 5.79. The van der Waals surface area contributed by atoms with Crippen LogP contribution >= 0.6 is 11.6 Å². The van der Waals surface area contributed by atoms with Crippen molar-refractivity contribution in [3.63, 3.8) is 0 Å². The smallest absolute Gasteiger partial charge is 0.241 e. The molecule has 10 heteroatoms. The van der Waals surface area contributed by atoms with E-state index in [0.717, 1.165) is 0 Å². The number of carbonyl (C=O) groups excluding carboxylic acids is 1. The standard InChI is InChI=1S/C18H18ClFN4O3S/c1-12(24-28(26,27)14-7-5-13(19)6-8-14)18(25)23-10-9-22-17-4-2-3-16(20)15(17)11-21/h2-8,12,22,24H,9-10H2,1H3,(H,23,25)/t12-/m0/s1. The molecule has 0 spiro atoms. The first-order valence-corrected chi connectivity index (χ1v) is 10.1. The summed E-state index contributed by atoms with van der Waals surface area (Å²) in [5, 5.41) is 14.8. The molecule has 2 aromatic rings. The Bertz CT molecular complexity index is 991. The highest BCUT2D eigenvalue weighted by atomic mass is 35.5. The van der Waals surface area contributed by atoms with Crippen molar-refractivity contribution in [2.75, 3.05) is 18.4 Å². The summed E-state index contributed by atoms with van der Waals surface area (Å²) in [6.07, 6.45) is 0. The average Bonchev–Trinajstić information content (AvgIpc) is 2.65. The van der Waals surface area contributed by atoms with Crippen LogP contribution < -0.4 is 15.4 Å². The molecule has 2 rings (SSSR count). The maximum Gasteiger partial charge on any atom is 0.241 e. The Hall–Kier alpha value is -2.67. The van der Waals surface area contributed by atoms with Crippen LogP contribution in [0.5, 0.6) is 0 Å². The number of amides is 1. The first-order chi connectivity index (χ1) is 13.2. The van der Waals surface area contributed by atoms with Gasteiger partial charge in [-0.1, -0.05) is 17.7 Å². The first kappa shape index (κ1) is 21.6. The van der Waals surface area contributed by atoms with E-state index in [4.69, 9.17) is 16.9 Å². The van der Waals surface area contributed by atoms with E-state index in [1.807, 2.05) is 0 Å². The lowest BCUT2D eigenvalue weighted by atomic mass is 10.2. The molecule has 0 unspecified atom stereocenters. The number of nitrogens with one attached hydrogen (secondary N) is 3. The Balaban J connectivity index is 1.85. The van der Waals surface area contributed by atoms with Crippen molar-refractivity contribution in [2.24, 2.45) is 0 Å². The van der Waals surface area contributed by atoms with E-state index in [-0.39, 0.29) is 23.5 Å². The summed E-state index contributed by atoms with van der Waals surface area (Å²) in [5.41, 5.74) is 0.200. The van der Waals surface area contributed by atoms with E-state index in [2.05, 4.69) is 15.4 Å². The molecule has 0 aromatic heterocycles. The van der Waals surface area contributed by atoms with Gasteiger partial charge in [-0.25, -0.2) is 12.8 Å².